The maximum absolute atomic E-state index is 8.86. The van der Waals surface area contributed by atoms with Crippen molar-refractivity contribution in [3.63, 3.8) is 0 Å². The second-order valence-corrected chi connectivity index (χ2v) is 5.36. The van der Waals surface area contributed by atoms with Gasteiger partial charge in [-0.05, 0) is 31.0 Å². The van der Waals surface area contributed by atoms with Crippen LogP contribution in [0.25, 0.3) is 0 Å². The van der Waals surface area contributed by atoms with E-state index in [-0.39, 0.29) is 0 Å². The fraction of sp³-hybridized carbons (Fsp3) is 0.267. The van der Waals surface area contributed by atoms with Crippen LogP contribution in [0.3, 0.4) is 0 Å². The van der Waals surface area contributed by atoms with Crippen molar-refractivity contribution < 1.29 is 0 Å². The molecule has 0 amide bonds. The SMILES string of the molecule is CNc1cc(Nc2ccc(C#N)cc2Cl)nc(C2CC2)n1. The van der Waals surface area contributed by atoms with Gasteiger partial charge in [-0.1, -0.05) is 11.6 Å². The molecule has 1 heterocycles. The molecule has 1 fully saturated rings. The Morgan fingerprint density at radius 3 is 2.62 bits per heavy atom. The molecule has 2 N–H and O–H groups in total. The molecular weight excluding hydrogens is 286 g/mol. The van der Waals surface area contributed by atoms with Crippen molar-refractivity contribution >= 4 is 28.9 Å². The lowest BCUT2D eigenvalue weighted by atomic mass is 10.2. The van der Waals surface area contributed by atoms with Crippen molar-refractivity contribution in [3.8, 4) is 6.07 Å². The average Bonchev–Trinajstić information content (AvgIpc) is 3.33. The predicted molar refractivity (Wildman–Crippen MR) is 83.0 cm³/mol. The topological polar surface area (TPSA) is 73.6 Å². The third-order valence-electron chi connectivity index (χ3n) is 3.30. The monoisotopic (exact) mass is 299 g/mol. The quantitative estimate of drug-likeness (QED) is 0.901. The van der Waals surface area contributed by atoms with Gasteiger partial charge in [-0.25, -0.2) is 9.97 Å². The van der Waals surface area contributed by atoms with Gasteiger partial charge in [-0.2, -0.15) is 5.26 Å². The lowest BCUT2D eigenvalue weighted by Crippen LogP contribution is -2.03. The highest BCUT2D eigenvalue weighted by molar-refractivity contribution is 6.33. The predicted octanol–water partition coefficient (Wildman–Crippen LogP) is 3.66. The van der Waals surface area contributed by atoms with Crippen LogP contribution in [0.1, 0.15) is 30.1 Å². The van der Waals surface area contributed by atoms with Crippen molar-refractivity contribution in [3.05, 3.63) is 40.7 Å². The van der Waals surface area contributed by atoms with Crippen LogP contribution >= 0.6 is 11.6 Å². The van der Waals surface area contributed by atoms with Crippen LogP contribution in [0.2, 0.25) is 5.02 Å². The van der Waals surface area contributed by atoms with E-state index in [1.807, 2.05) is 13.1 Å². The van der Waals surface area contributed by atoms with E-state index in [0.717, 1.165) is 30.2 Å². The van der Waals surface area contributed by atoms with Gasteiger partial charge in [0.15, 0.2) is 0 Å². The van der Waals surface area contributed by atoms with E-state index in [1.54, 1.807) is 18.2 Å². The summed E-state index contributed by atoms with van der Waals surface area (Å²) in [5, 5.41) is 15.6. The maximum atomic E-state index is 8.86. The van der Waals surface area contributed by atoms with E-state index >= 15 is 0 Å². The van der Waals surface area contributed by atoms with Gasteiger partial charge >= 0.3 is 0 Å². The normalized spacial score (nSPS) is 13.6. The van der Waals surface area contributed by atoms with E-state index in [0.29, 0.717) is 22.3 Å². The van der Waals surface area contributed by atoms with Crippen LogP contribution in [-0.4, -0.2) is 17.0 Å². The molecule has 106 valence electrons. The Hall–Kier alpha value is -2.32. The van der Waals surface area contributed by atoms with Crippen LogP contribution in [0.5, 0.6) is 0 Å². The molecule has 3 rings (SSSR count). The zero-order valence-corrected chi connectivity index (χ0v) is 12.3. The number of aromatic nitrogens is 2. The van der Waals surface area contributed by atoms with Crippen molar-refractivity contribution in [2.45, 2.75) is 18.8 Å². The minimum atomic E-state index is 0.468. The van der Waals surface area contributed by atoms with Crippen LogP contribution in [0, 0.1) is 11.3 Å². The molecule has 0 unspecified atom stereocenters. The lowest BCUT2D eigenvalue weighted by Gasteiger charge is -2.11. The Morgan fingerprint density at radius 2 is 2.00 bits per heavy atom. The van der Waals surface area contributed by atoms with Gasteiger partial charge < -0.3 is 10.6 Å². The van der Waals surface area contributed by atoms with Gasteiger partial charge in [0.05, 0.1) is 22.3 Å². The van der Waals surface area contributed by atoms with E-state index in [1.165, 1.54) is 0 Å². The molecule has 1 saturated carbocycles. The first-order chi connectivity index (χ1) is 10.2. The summed E-state index contributed by atoms with van der Waals surface area (Å²) in [5.74, 6) is 2.80. The van der Waals surface area contributed by atoms with Crippen molar-refractivity contribution in [2.24, 2.45) is 0 Å². The molecular formula is C15H14ClN5. The summed E-state index contributed by atoms with van der Waals surface area (Å²) >= 11 is 6.17. The van der Waals surface area contributed by atoms with Gasteiger partial charge in [0, 0.05) is 19.0 Å². The molecule has 5 nitrogen and oxygen atoms in total. The zero-order valence-electron chi connectivity index (χ0n) is 11.5. The summed E-state index contributed by atoms with van der Waals surface area (Å²) in [6.07, 6.45) is 2.29. The first-order valence-corrected chi connectivity index (χ1v) is 7.11. The highest BCUT2D eigenvalue weighted by Gasteiger charge is 2.27. The molecule has 0 saturated heterocycles. The molecule has 0 bridgehead atoms. The summed E-state index contributed by atoms with van der Waals surface area (Å²) in [4.78, 5) is 9.00. The standard InChI is InChI=1S/C15H14ClN5/c1-18-13-7-14(21-15(20-13)10-3-4-10)19-12-5-2-9(8-17)6-11(12)16/h2,5-7,10H,3-4H2,1H3,(H2,18,19,20,21). The number of nitriles is 1. The Balaban J connectivity index is 1.90. The average molecular weight is 300 g/mol. The first-order valence-electron chi connectivity index (χ1n) is 6.73. The third kappa shape index (κ3) is 3.06. The number of rotatable bonds is 4. The number of nitrogens with zero attached hydrogens (tertiary/aromatic N) is 3. The largest absolute Gasteiger partial charge is 0.373 e. The van der Waals surface area contributed by atoms with Gasteiger partial charge in [-0.3, -0.25) is 0 Å². The fourth-order valence-corrected chi connectivity index (χ4v) is 2.23. The number of hydrogen-bond donors (Lipinski definition) is 2. The summed E-state index contributed by atoms with van der Waals surface area (Å²) in [7, 11) is 1.83. The number of anilines is 3. The van der Waals surface area contributed by atoms with Crippen LogP contribution in [0.15, 0.2) is 24.3 Å². The second kappa shape index (κ2) is 5.58. The minimum Gasteiger partial charge on any atom is -0.373 e. The molecule has 0 aliphatic heterocycles. The highest BCUT2D eigenvalue weighted by Crippen LogP contribution is 2.39. The summed E-state index contributed by atoms with van der Waals surface area (Å²) < 4.78 is 0. The van der Waals surface area contributed by atoms with Crippen molar-refractivity contribution in [2.75, 3.05) is 17.7 Å². The van der Waals surface area contributed by atoms with Crippen molar-refractivity contribution in [1.29, 1.82) is 5.26 Å². The third-order valence-corrected chi connectivity index (χ3v) is 3.62. The van der Waals surface area contributed by atoms with Crippen LogP contribution in [-0.2, 0) is 0 Å². The van der Waals surface area contributed by atoms with Gasteiger partial charge in [0.25, 0.3) is 0 Å². The summed E-state index contributed by atoms with van der Waals surface area (Å²) in [6, 6.07) is 9.02. The summed E-state index contributed by atoms with van der Waals surface area (Å²) in [5.41, 5.74) is 1.25. The Morgan fingerprint density at radius 1 is 1.24 bits per heavy atom. The summed E-state index contributed by atoms with van der Waals surface area (Å²) in [6.45, 7) is 0. The molecule has 0 radical (unpaired) electrons. The van der Waals surface area contributed by atoms with E-state index in [4.69, 9.17) is 16.9 Å². The van der Waals surface area contributed by atoms with E-state index in [9.17, 15) is 0 Å². The van der Waals surface area contributed by atoms with Gasteiger partial charge in [-0.15, -0.1) is 0 Å². The molecule has 1 aliphatic rings. The van der Waals surface area contributed by atoms with Crippen LogP contribution < -0.4 is 10.6 Å². The molecule has 0 spiro atoms. The lowest BCUT2D eigenvalue weighted by molar-refractivity contribution is 0.932. The Kier molecular flexibility index (Phi) is 3.63. The molecule has 1 aromatic carbocycles. The van der Waals surface area contributed by atoms with Crippen molar-refractivity contribution in [1.82, 2.24) is 9.97 Å². The number of halogens is 1. The number of nitrogens with one attached hydrogen (secondary N) is 2. The van der Waals surface area contributed by atoms with Gasteiger partial charge in [0.1, 0.15) is 17.5 Å². The van der Waals surface area contributed by atoms with Crippen LogP contribution in [0.4, 0.5) is 17.3 Å². The molecule has 2 aromatic rings. The molecule has 0 atom stereocenters. The fourth-order valence-electron chi connectivity index (χ4n) is 2.01. The molecule has 21 heavy (non-hydrogen) atoms. The number of benzene rings is 1. The molecule has 6 heteroatoms. The van der Waals surface area contributed by atoms with Gasteiger partial charge in [0.2, 0.25) is 0 Å². The zero-order chi connectivity index (χ0) is 14.8. The Labute approximate surface area is 128 Å². The molecule has 1 aromatic heterocycles. The Bertz CT molecular complexity index is 718. The van der Waals surface area contributed by atoms with E-state index in [2.05, 4.69) is 26.7 Å². The minimum absolute atomic E-state index is 0.468. The van der Waals surface area contributed by atoms with E-state index < -0.39 is 0 Å². The highest BCUT2D eigenvalue weighted by atomic mass is 35.5. The maximum Gasteiger partial charge on any atom is 0.136 e. The first kappa shape index (κ1) is 13.7. The molecule has 1 aliphatic carbocycles. The second-order valence-electron chi connectivity index (χ2n) is 4.95. The smallest absolute Gasteiger partial charge is 0.136 e. The number of hydrogen-bond acceptors (Lipinski definition) is 5.